The molecule has 0 spiro atoms. The largest absolute Gasteiger partial charge is 0.381 e. The Kier molecular flexibility index (Phi) is 3.72. The predicted octanol–water partition coefficient (Wildman–Crippen LogP) is 2.15. The minimum atomic E-state index is 0.264. The van der Waals surface area contributed by atoms with Crippen LogP contribution >= 0.6 is 11.3 Å². The van der Waals surface area contributed by atoms with E-state index in [9.17, 15) is 0 Å². The second-order valence-electron chi connectivity index (χ2n) is 4.07. The van der Waals surface area contributed by atoms with E-state index in [2.05, 4.69) is 22.6 Å². The first-order valence-corrected chi connectivity index (χ1v) is 6.38. The van der Waals surface area contributed by atoms with Crippen molar-refractivity contribution in [2.45, 2.75) is 38.3 Å². The van der Waals surface area contributed by atoms with Gasteiger partial charge in [0.05, 0.1) is 22.8 Å². The van der Waals surface area contributed by atoms with E-state index < -0.39 is 0 Å². The lowest BCUT2D eigenvalue weighted by molar-refractivity contribution is 0.118. The Morgan fingerprint density at radius 3 is 3.27 bits per heavy atom. The van der Waals surface area contributed by atoms with Crippen LogP contribution in [0.4, 0.5) is 0 Å². The third-order valence-corrected chi connectivity index (χ3v) is 3.74. The first kappa shape index (κ1) is 11.0. The zero-order valence-electron chi connectivity index (χ0n) is 9.32. The molecule has 2 rings (SSSR count). The van der Waals surface area contributed by atoms with E-state index >= 15 is 0 Å². The van der Waals surface area contributed by atoms with Crippen LogP contribution < -0.4 is 5.32 Å². The first-order chi connectivity index (χ1) is 7.29. The molecule has 84 valence electrons. The smallest absolute Gasteiger partial charge is 0.0954 e. The third kappa shape index (κ3) is 2.77. The third-order valence-electron chi connectivity index (χ3n) is 2.85. The van der Waals surface area contributed by atoms with Gasteiger partial charge in [0, 0.05) is 18.9 Å². The molecule has 1 saturated heterocycles. The Hall–Kier alpha value is -0.450. The van der Waals surface area contributed by atoms with Crippen molar-refractivity contribution in [3.63, 3.8) is 0 Å². The van der Waals surface area contributed by atoms with E-state index in [1.807, 2.05) is 0 Å². The van der Waals surface area contributed by atoms with Crippen LogP contribution in [0.1, 0.15) is 36.5 Å². The van der Waals surface area contributed by atoms with Gasteiger partial charge in [-0.2, -0.15) is 0 Å². The van der Waals surface area contributed by atoms with E-state index in [0.29, 0.717) is 6.04 Å². The van der Waals surface area contributed by atoms with Crippen molar-refractivity contribution in [1.82, 2.24) is 10.3 Å². The maximum absolute atomic E-state index is 5.24. The standard InChI is InChI=1S/C11H18N2OS/c1-8(14-2)6-11-13-10(7-15-11)9-4-3-5-12-9/h7-9,12H,3-6H2,1-2H3. The van der Waals surface area contributed by atoms with Crippen molar-refractivity contribution >= 4 is 11.3 Å². The molecule has 0 radical (unpaired) electrons. The molecule has 1 N–H and O–H groups in total. The number of aromatic nitrogens is 1. The van der Waals surface area contributed by atoms with Crippen LogP contribution in [0.3, 0.4) is 0 Å². The summed E-state index contributed by atoms with van der Waals surface area (Å²) in [6.07, 6.45) is 3.68. The van der Waals surface area contributed by atoms with E-state index in [1.165, 1.54) is 23.5 Å². The van der Waals surface area contributed by atoms with Crippen LogP contribution in [0.15, 0.2) is 5.38 Å². The molecule has 1 aromatic rings. The number of nitrogens with zero attached hydrogens (tertiary/aromatic N) is 1. The van der Waals surface area contributed by atoms with Gasteiger partial charge >= 0.3 is 0 Å². The van der Waals surface area contributed by atoms with Crippen molar-refractivity contribution in [1.29, 1.82) is 0 Å². The monoisotopic (exact) mass is 226 g/mol. The predicted molar refractivity (Wildman–Crippen MR) is 62.3 cm³/mol. The molecule has 3 nitrogen and oxygen atoms in total. The highest BCUT2D eigenvalue weighted by molar-refractivity contribution is 7.09. The van der Waals surface area contributed by atoms with Crippen LogP contribution in [0, 0.1) is 0 Å². The molecular weight excluding hydrogens is 208 g/mol. The average Bonchev–Trinajstić information content (AvgIpc) is 2.85. The van der Waals surface area contributed by atoms with E-state index in [-0.39, 0.29) is 6.10 Å². The highest BCUT2D eigenvalue weighted by atomic mass is 32.1. The summed E-state index contributed by atoms with van der Waals surface area (Å²) in [4.78, 5) is 4.66. The van der Waals surface area contributed by atoms with Crippen LogP contribution in [-0.2, 0) is 11.2 Å². The number of rotatable bonds is 4. The van der Waals surface area contributed by atoms with Crippen LogP contribution in [-0.4, -0.2) is 24.7 Å². The van der Waals surface area contributed by atoms with Crippen molar-refractivity contribution in [3.8, 4) is 0 Å². The fraction of sp³-hybridized carbons (Fsp3) is 0.727. The van der Waals surface area contributed by atoms with Gasteiger partial charge in [-0.15, -0.1) is 11.3 Å². The van der Waals surface area contributed by atoms with E-state index in [1.54, 1.807) is 18.4 Å². The van der Waals surface area contributed by atoms with Crippen molar-refractivity contribution in [2.75, 3.05) is 13.7 Å². The van der Waals surface area contributed by atoms with Gasteiger partial charge in [-0.1, -0.05) is 0 Å². The molecule has 0 saturated carbocycles. The molecule has 1 fully saturated rings. The molecule has 4 heteroatoms. The molecule has 0 bridgehead atoms. The summed E-state index contributed by atoms with van der Waals surface area (Å²) in [5.74, 6) is 0. The molecule has 15 heavy (non-hydrogen) atoms. The van der Waals surface area contributed by atoms with E-state index in [4.69, 9.17) is 4.74 Å². The zero-order chi connectivity index (χ0) is 10.7. The molecule has 2 heterocycles. The Bertz CT molecular complexity index is 307. The summed E-state index contributed by atoms with van der Waals surface area (Å²) in [5, 5.41) is 6.84. The highest BCUT2D eigenvalue weighted by Gasteiger charge is 2.19. The fourth-order valence-electron chi connectivity index (χ4n) is 1.85. The van der Waals surface area contributed by atoms with Crippen molar-refractivity contribution in [3.05, 3.63) is 16.1 Å². The maximum atomic E-state index is 5.24. The summed E-state index contributed by atoms with van der Waals surface area (Å²) in [7, 11) is 1.75. The molecular formula is C11H18N2OS. The van der Waals surface area contributed by atoms with Gasteiger partial charge in [-0.3, -0.25) is 0 Å². The molecule has 1 aliphatic heterocycles. The number of hydrogen-bond donors (Lipinski definition) is 1. The summed E-state index contributed by atoms with van der Waals surface area (Å²) >= 11 is 1.75. The Morgan fingerprint density at radius 2 is 2.60 bits per heavy atom. The lowest BCUT2D eigenvalue weighted by atomic mass is 10.2. The van der Waals surface area contributed by atoms with Crippen LogP contribution in [0.25, 0.3) is 0 Å². The van der Waals surface area contributed by atoms with Gasteiger partial charge in [0.1, 0.15) is 0 Å². The van der Waals surface area contributed by atoms with E-state index in [0.717, 1.165) is 13.0 Å². The topological polar surface area (TPSA) is 34.1 Å². The molecule has 2 atom stereocenters. The van der Waals surface area contributed by atoms with Gasteiger partial charge in [0.25, 0.3) is 0 Å². The Labute approximate surface area is 94.9 Å². The summed E-state index contributed by atoms with van der Waals surface area (Å²) in [6.45, 7) is 3.21. The minimum absolute atomic E-state index is 0.264. The van der Waals surface area contributed by atoms with Crippen molar-refractivity contribution in [2.24, 2.45) is 0 Å². The van der Waals surface area contributed by atoms with Crippen LogP contribution in [0.5, 0.6) is 0 Å². The van der Waals surface area contributed by atoms with Crippen LogP contribution in [0.2, 0.25) is 0 Å². The lowest BCUT2D eigenvalue weighted by Gasteiger charge is -2.07. The second-order valence-corrected chi connectivity index (χ2v) is 5.01. The summed E-state index contributed by atoms with van der Waals surface area (Å²) < 4.78 is 5.24. The van der Waals surface area contributed by atoms with Gasteiger partial charge in [0.2, 0.25) is 0 Å². The Balaban J connectivity index is 1.97. The summed E-state index contributed by atoms with van der Waals surface area (Å²) in [5.41, 5.74) is 1.22. The molecule has 1 aromatic heterocycles. The average molecular weight is 226 g/mol. The normalized spacial score (nSPS) is 23.2. The molecule has 0 aliphatic carbocycles. The first-order valence-electron chi connectivity index (χ1n) is 5.50. The van der Waals surface area contributed by atoms with Gasteiger partial charge in [-0.05, 0) is 26.3 Å². The zero-order valence-corrected chi connectivity index (χ0v) is 10.1. The molecule has 0 amide bonds. The number of ether oxygens (including phenoxy) is 1. The SMILES string of the molecule is COC(C)Cc1nc(C2CCCN2)cs1. The number of methoxy groups -OCH3 is 1. The molecule has 2 unspecified atom stereocenters. The Morgan fingerprint density at radius 1 is 1.73 bits per heavy atom. The number of hydrogen-bond acceptors (Lipinski definition) is 4. The van der Waals surface area contributed by atoms with Gasteiger partial charge < -0.3 is 10.1 Å². The highest BCUT2D eigenvalue weighted by Crippen LogP contribution is 2.24. The van der Waals surface area contributed by atoms with Gasteiger partial charge in [0.15, 0.2) is 0 Å². The molecule has 0 aromatic carbocycles. The minimum Gasteiger partial charge on any atom is -0.381 e. The maximum Gasteiger partial charge on any atom is 0.0954 e. The number of thiazole rings is 1. The molecule has 1 aliphatic rings. The fourth-order valence-corrected chi connectivity index (χ4v) is 2.81. The quantitative estimate of drug-likeness (QED) is 0.854. The van der Waals surface area contributed by atoms with Crippen molar-refractivity contribution < 1.29 is 4.74 Å². The lowest BCUT2D eigenvalue weighted by Crippen LogP contribution is -2.13. The second kappa shape index (κ2) is 5.05. The number of nitrogens with one attached hydrogen (secondary N) is 1. The van der Waals surface area contributed by atoms with Gasteiger partial charge in [-0.25, -0.2) is 4.98 Å². The summed E-state index contributed by atoms with van der Waals surface area (Å²) in [6, 6.07) is 0.493.